The van der Waals surface area contributed by atoms with Crippen LogP contribution in [0.25, 0.3) is 22.3 Å². The molecule has 0 radical (unpaired) electrons. The number of halogens is 1. The lowest BCUT2D eigenvalue weighted by Crippen LogP contribution is -1.94. The van der Waals surface area contributed by atoms with Crippen LogP contribution in [0.2, 0.25) is 0 Å². The zero-order valence-electron chi connectivity index (χ0n) is 12.0. The highest BCUT2D eigenvalue weighted by Crippen LogP contribution is 2.34. The maximum absolute atomic E-state index is 13.6. The number of rotatable bonds is 2. The number of hydrogen-bond donors (Lipinski definition) is 0. The Balaban J connectivity index is 2.31. The summed E-state index contributed by atoms with van der Waals surface area (Å²) in [6, 6.07) is 19.5. The number of aromatic nitrogens is 1. The molecule has 0 bridgehead atoms. The highest BCUT2D eigenvalue weighted by molar-refractivity contribution is 5.86. The maximum Gasteiger partial charge on any atom is 0.148 e. The summed E-state index contributed by atoms with van der Waals surface area (Å²) in [5.41, 5.74) is 3.09. The second-order valence-corrected chi connectivity index (χ2v) is 4.87. The van der Waals surface area contributed by atoms with Gasteiger partial charge < -0.3 is 0 Å². The molecule has 4 heteroatoms. The van der Waals surface area contributed by atoms with Crippen LogP contribution >= 0.6 is 0 Å². The molecule has 1 heterocycles. The molecule has 1 aromatic heterocycles. The van der Waals surface area contributed by atoms with Gasteiger partial charge in [0.05, 0.1) is 5.56 Å². The first kappa shape index (κ1) is 14.4. The molecule has 0 amide bonds. The van der Waals surface area contributed by atoms with Gasteiger partial charge in [-0.15, -0.1) is 0 Å². The van der Waals surface area contributed by atoms with E-state index in [-0.39, 0.29) is 11.3 Å². The monoisotopic (exact) mass is 299 g/mol. The van der Waals surface area contributed by atoms with Crippen molar-refractivity contribution in [2.75, 3.05) is 0 Å². The molecule has 23 heavy (non-hydrogen) atoms. The van der Waals surface area contributed by atoms with Crippen molar-refractivity contribution in [3.05, 3.63) is 77.9 Å². The van der Waals surface area contributed by atoms with Crippen molar-refractivity contribution in [3.63, 3.8) is 0 Å². The summed E-state index contributed by atoms with van der Waals surface area (Å²) in [5, 5.41) is 18.4. The molecule has 0 spiro atoms. The predicted molar refractivity (Wildman–Crippen MR) is 84.5 cm³/mol. The van der Waals surface area contributed by atoms with Crippen LogP contribution in [0, 0.1) is 28.5 Å². The van der Waals surface area contributed by atoms with Gasteiger partial charge in [0.2, 0.25) is 0 Å². The van der Waals surface area contributed by atoms with Gasteiger partial charge >= 0.3 is 0 Å². The Morgan fingerprint density at radius 2 is 1.65 bits per heavy atom. The molecule has 0 saturated carbocycles. The average Bonchev–Trinajstić information content (AvgIpc) is 2.62. The third kappa shape index (κ3) is 2.66. The minimum absolute atomic E-state index is 0.0609. The van der Waals surface area contributed by atoms with Gasteiger partial charge in [0.25, 0.3) is 0 Å². The lowest BCUT2D eigenvalue weighted by Gasteiger charge is -2.11. The van der Waals surface area contributed by atoms with Gasteiger partial charge in [-0.1, -0.05) is 36.4 Å². The SMILES string of the molecule is N#Cc1cc(-c2c(-c3ccccc3)ccnc2C#N)ccc1F. The Kier molecular flexibility index (Phi) is 3.82. The predicted octanol–water partition coefficient (Wildman–Crippen LogP) is 4.30. The van der Waals surface area contributed by atoms with Crippen LogP contribution in [0.3, 0.4) is 0 Å². The van der Waals surface area contributed by atoms with E-state index in [0.717, 1.165) is 11.1 Å². The van der Waals surface area contributed by atoms with Crippen molar-refractivity contribution in [1.82, 2.24) is 4.98 Å². The third-order valence-electron chi connectivity index (χ3n) is 3.52. The van der Waals surface area contributed by atoms with Crippen molar-refractivity contribution < 1.29 is 4.39 Å². The first-order chi connectivity index (χ1) is 11.2. The molecule has 3 rings (SSSR count). The zero-order valence-corrected chi connectivity index (χ0v) is 12.0. The zero-order chi connectivity index (χ0) is 16.2. The number of nitriles is 2. The van der Waals surface area contributed by atoms with Crippen LogP contribution in [-0.2, 0) is 0 Å². The Hall–Kier alpha value is -3.50. The van der Waals surface area contributed by atoms with Gasteiger partial charge in [0, 0.05) is 11.8 Å². The van der Waals surface area contributed by atoms with E-state index in [9.17, 15) is 9.65 Å². The van der Waals surface area contributed by atoms with Gasteiger partial charge in [-0.3, -0.25) is 0 Å². The molecule has 2 aromatic carbocycles. The normalized spacial score (nSPS) is 9.87. The summed E-state index contributed by atoms with van der Waals surface area (Å²) in [7, 11) is 0. The van der Waals surface area contributed by atoms with Crippen LogP contribution in [0.4, 0.5) is 4.39 Å². The second kappa shape index (κ2) is 6.09. The fraction of sp³-hybridized carbons (Fsp3) is 0. The summed E-state index contributed by atoms with van der Waals surface area (Å²) in [5.74, 6) is -0.583. The van der Waals surface area contributed by atoms with E-state index in [1.807, 2.05) is 36.4 Å². The molecule has 0 aliphatic rings. The van der Waals surface area contributed by atoms with E-state index < -0.39 is 5.82 Å². The van der Waals surface area contributed by atoms with E-state index >= 15 is 0 Å². The Morgan fingerprint density at radius 3 is 2.35 bits per heavy atom. The van der Waals surface area contributed by atoms with Crippen LogP contribution in [-0.4, -0.2) is 4.98 Å². The van der Waals surface area contributed by atoms with Gasteiger partial charge in [0.1, 0.15) is 23.6 Å². The fourth-order valence-electron chi connectivity index (χ4n) is 2.46. The minimum Gasteiger partial charge on any atom is -0.245 e. The number of hydrogen-bond acceptors (Lipinski definition) is 3. The van der Waals surface area contributed by atoms with Crippen LogP contribution in [0.5, 0.6) is 0 Å². The molecule has 0 aliphatic carbocycles. The van der Waals surface area contributed by atoms with E-state index in [4.69, 9.17) is 5.26 Å². The largest absolute Gasteiger partial charge is 0.245 e. The van der Waals surface area contributed by atoms with Crippen molar-refractivity contribution >= 4 is 0 Å². The number of benzene rings is 2. The smallest absolute Gasteiger partial charge is 0.148 e. The highest BCUT2D eigenvalue weighted by atomic mass is 19.1. The molecule has 3 aromatic rings. The minimum atomic E-state index is -0.583. The lowest BCUT2D eigenvalue weighted by atomic mass is 9.93. The summed E-state index contributed by atoms with van der Waals surface area (Å²) in [6.07, 6.45) is 1.57. The molecule has 0 fully saturated rings. The Morgan fingerprint density at radius 1 is 0.870 bits per heavy atom. The van der Waals surface area contributed by atoms with Gasteiger partial charge in [-0.25, -0.2) is 9.37 Å². The highest BCUT2D eigenvalue weighted by Gasteiger charge is 2.15. The summed E-state index contributed by atoms with van der Waals surface area (Å²) < 4.78 is 13.6. The summed E-state index contributed by atoms with van der Waals surface area (Å²) >= 11 is 0. The van der Waals surface area contributed by atoms with Gasteiger partial charge in [-0.05, 0) is 34.9 Å². The standard InChI is InChI=1S/C19H10FN3/c20-17-7-6-14(10-15(17)11-21)19-16(8-9-23-18(19)12-22)13-4-2-1-3-5-13/h1-10H. The second-order valence-electron chi connectivity index (χ2n) is 4.87. The Bertz CT molecular complexity index is 951. The van der Waals surface area contributed by atoms with E-state index in [1.165, 1.54) is 12.1 Å². The van der Waals surface area contributed by atoms with Gasteiger partial charge in [-0.2, -0.15) is 10.5 Å². The lowest BCUT2D eigenvalue weighted by molar-refractivity contribution is 0.624. The van der Waals surface area contributed by atoms with Crippen LogP contribution < -0.4 is 0 Å². The molecular formula is C19H10FN3. The van der Waals surface area contributed by atoms with E-state index in [1.54, 1.807) is 18.3 Å². The van der Waals surface area contributed by atoms with Gasteiger partial charge in [0.15, 0.2) is 0 Å². The van der Waals surface area contributed by atoms with E-state index in [0.29, 0.717) is 11.1 Å². The third-order valence-corrected chi connectivity index (χ3v) is 3.52. The fourth-order valence-corrected chi connectivity index (χ4v) is 2.46. The summed E-state index contributed by atoms with van der Waals surface area (Å²) in [6.45, 7) is 0. The molecule has 0 unspecified atom stereocenters. The van der Waals surface area contributed by atoms with Crippen molar-refractivity contribution in [3.8, 4) is 34.4 Å². The van der Waals surface area contributed by atoms with Crippen molar-refractivity contribution in [1.29, 1.82) is 10.5 Å². The van der Waals surface area contributed by atoms with E-state index in [2.05, 4.69) is 11.1 Å². The number of pyridine rings is 1. The maximum atomic E-state index is 13.6. The molecule has 0 atom stereocenters. The Labute approximate surface area is 132 Å². The van der Waals surface area contributed by atoms with Crippen molar-refractivity contribution in [2.45, 2.75) is 0 Å². The molecular weight excluding hydrogens is 289 g/mol. The molecule has 0 saturated heterocycles. The molecule has 3 nitrogen and oxygen atoms in total. The van der Waals surface area contributed by atoms with Crippen LogP contribution in [0.1, 0.15) is 11.3 Å². The summed E-state index contributed by atoms with van der Waals surface area (Å²) in [4.78, 5) is 4.10. The molecule has 108 valence electrons. The quantitative estimate of drug-likeness (QED) is 0.709. The first-order valence-corrected chi connectivity index (χ1v) is 6.89. The molecule has 0 aliphatic heterocycles. The van der Waals surface area contributed by atoms with Crippen molar-refractivity contribution in [2.24, 2.45) is 0 Å². The topological polar surface area (TPSA) is 60.5 Å². The van der Waals surface area contributed by atoms with Crippen LogP contribution in [0.15, 0.2) is 60.8 Å². The number of nitrogens with zero attached hydrogens (tertiary/aromatic N) is 3. The first-order valence-electron chi connectivity index (χ1n) is 6.89. The molecule has 0 N–H and O–H groups in total. The average molecular weight is 299 g/mol.